The third kappa shape index (κ3) is 3.91. The summed E-state index contributed by atoms with van der Waals surface area (Å²) in [5.74, 6) is -0.0269. The number of aromatic nitrogens is 4. The Hall–Kier alpha value is -3.43. The number of anilines is 1. The topological polar surface area (TPSA) is 84.2 Å². The van der Waals surface area contributed by atoms with Crippen LogP contribution in [-0.4, -0.2) is 62.9 Å². The van der Waals surface area contributed by atoms with Gasteiger partial charge < -0.3 is 9.80 Å². The molecule has 1 amide bonds. The summed E-state index contributed by atoms with van der Waals surface area (Å²) in [6, 6.07) is 6.80. The fourth-order valence-electron chi connectivity index (χ4n) is 3.34. The zero-order valence-electron chi connectivity index (χ0n) is 15.4. The Morgan fingerprint density at radius 1 is 1.07 bits per heavy atom. The fourth-order valence-corrected chi connectivity index (χ4v) is 3.34. The monoisotopic (exact) mass is 400 g/mol. The minimum Gasteiger partial charge on any atom is -0.368 e. The van der Waals surface area contributed by atoms with Crippen molar-refractivity contribution in [3.63, 3.8) is 0 Å². The second-order valence-electron chi connectivity index (χ2n) is 6.65. The standard InChI is InChI=1S/C19H18F2N6O2/c20-16(21)11-27-12-24-15-10-13(2-3-14(15)18(27)28)25-6-8-26(9-7-25)19(29)17-22-4-1-5-23-17/h1-5,10,12,16H,6-9,11H2. The Bertz CT molecular complexity index is 1080. The van der Waals surface area contributed by atoms with Crippen LogP contribution < -0.4 is 10.5 Å². The number of hydrogen-bond donors (Lipinski definition) is 0. The lowest BCUT2D eigenvalue weighted by atomic mass is 10.2. The first-order valence-corrected chi connectivity index (χ1v) is 9.11. The molecule has 3 heterocycles. The Morgan fingerprint density at radius 3 is 2.48 bits per heavy atom. The van der Waals surface area contributed by atoms with E-state index in [2.05, 4.69) is 19.9 Å². The van der Waals surface area contributed by atoms with E-state index < -0.39 is 18.5 Å². The normalized spacial score (nSPS) is 14.6. The number of carbonyl (C=O) groups is 1. The van der Waals surface area contributed by atoms with Gasteiger partial charge in [0.25, 0.3) is 17.9 Å². The molecule has 0 radical (unpaired) electrons. The van der Waals surface area contributed by atoms with Crippen molar-refractivity contribution in [2.24, 2.45) is 0 Å². The Labute approximate surface area is 164 Å². The SMILES string of the molecule is O=C(c1ncccn1)N1CCN(c2ccc3c(=O)n(CC(F)F)cnc3c2)CC1. The largest absolute Gasteiger partial charge is 0.368 e. The maximum Gasteiger partial charge on any atom is 0.291 e. The number of rotatable bonds is 4. The van der Waals surface area contributed by atoms with Crippen molar-refractivity contribution >= 4 is 22.5 Å². The van der Waals surface area contributed by atoms with Crippen LogP contribution in [0.3, 0.4) is 0 Å². The average Bonchev–Trinajstić information content (AvgIpc) is 2.75. The van der Waals surface area contributed by atoms with E-state index in [1.807, 2.05) is 0 Å². The second kappa shape index (κ2) is 7.90. The third-order valence-corrected chi connectivity index (χ3v) is 4.83. The zero-order chi connectivity index (χ0) is 20.4. The number of amides is 1. The number of nitrogens with zero attached hydrogens (tertiary/aromatic N) is 6. The van der Waals surface area contributed by atoms with Crippen molar-refractivity contribution in [1.29, 1.82) is 0 Å². The van der Waals surface area contributed by atoms with Gasteiger partial charge in [0.05, 0.1) is 23.8 Å². The van der Waals surface area contributed by atoms with E-state index >= 15 is 0 Å². The van der Waals surface area contributed by atoms with Crippen molar-refractivity contribution in [2.45, 2.75) is 13.0 Å². The summed E-state index contributed by atoms with van der Waals surface area (Å²) in [5, 5.41) is 0.298. The van der Waals surface area contributed by atoms with E-state index in [1.165, 1.54) is 12.4 Å². The van der Waals surface area contributed by atoms with E-state index in [4.69, 9.17) is 0 Å². The molecule has 0 aliphatic carbocycles. The lowest BCUT2D eigenvalue weighted by molar-refractivity contribution is 0.0734. The van der Waals surface area contributed by atoms with Gasteiger partial charge in [-0.3, -0.25) is 14.2 Å². The first-order chi connectivity index (χ1) is 14.0. The van der Waals surface area contributed by atoms with Gasteiger partial charge in [-0.05, 0) is 24.3 Å². The molecule has 0 N–H and O–H groups in total. The minimum absolute atomic E-state index is 0.177. The summed E-state index contributed by atoms with van der Waals surface area (Å²) in [6.45, 7) is 1.56. The van der Waals surface area contributed by atoms with E-state index in [0.717, 1.165) is 16.6 Å². The van der Waals surface area contributed by atoms with Gasteiger partial charge in [-0.15, -0.1) is 0 Å². The van der Waals surface area contributed by atoms with Crippen LogP contribution in [0.25, 0.3) is 10.9 Å². The molecule has 3 aromatic rings. The molecule has 1 aliphatic rings. The Morgan fingerprint density at radius 2 is 1.79 bits per heavy atom. The van der Waals surface area contributed by atoms with Crippen LogP contribution in [0, 0.1) is 0 Å². The molecule has 0 spiro atoms. The number of benzene rings is 1. The molecule has 1 aliphatic heterocycles. The highest BCUT2D eigenvalue weighted by Gasteiger charge is 2.24. The molecule has 0 unspecified atom stereocenters. The van der Waals surface area contributed by atoms with Crippen LogP contribution in [0.4, 0.5) is 14.5 Å². The van der Waals surface area contributed by atoms with Crippen LogP contribution in [0.1, 0.15) is 10.6 Å². The maximum atomic E-state index is 12.6. The third-order valence-electron chi connectivity index (χ3n) is 4.83. The molecule has 0 saturated carbocycles. The van der Waals surface area contributed by atoms with Crippen molar-refractivity contribution in [1.82, 2.24) is 24.4 Å². The average molecular weight is 400 g/mol. The summed E-state index contributed by atoms with van der Waals surface area (Å²) >= 11 is 0. The van der Waals surface area contributed by atoms with Gasteiger partial charge >= 0.3 is 0 Å². The molecule has 10 heteroatoms. The van der Waals surface area contributed by atoms with Crippen LogP contribution in [-0.2, 0) is 6.54 Å². The smallest absolute Gasteiger partial charge is 0.291 e. The molecule has 0 bridgehead atoms. The molecular formula is C19H18F2N6O2. The number of fused-ring (bicyclic) bond motifs is 1. The first-order valence-electron chi connectivity index (χ1n) is 9.11. The molecule has 1 aromatic carbocycles. The van der Waals surface area contributed by atoms with E-state index in [1.54, 1.807) is 29.2 Å². The molecule has 4 rings (SSSR count). The summed E-state index contributed by atoms with van der Waals surface area (Å²) < 4.78 is 26.1. The van der Waals surface area contributed by atoms with Crippen molar-refractivity contribution in [3.8, 4) is 0 Å². The molecule has 1 fully saturated rings. The van der Waals surface area contributed by atoms with Gasteiger partial charge in [0.15, 0.2) is 0 Å². The first kappa shape index (κ1) is 18.9. The van der Waals surface area contributed by atoms with Crippen molar-refractivity contribution in [2.75, 3.05) is 31.1 Å². The second-order valence-corrected chi connectivity index (χ2v) is 6.65. The highest BCUT2D eigenvalue weighted by Crippen LogP contribution is 2.21. The molecule has 29 heavy (non-hydrogen) atoms. The maximum absolute atomic E-state index is 12.6. The number of alkyl halides is 2. The van der Waals surface area contributed by atoms with Crippen LogP contribution >= 0.6 is 0 Å². The minimum atomic E-state index is -2.62. The molecule has 1 saturated heterocycles. The fraction of sp³-hybridized carbons (Fsp3) is 0.316. The van der Waals surface area contributed by atoms with Gasteiger partial charge in [-0.2, -0.15) is 0 Å². The number of halogens is 2. The quantitative estimate of drug-likeness (QED) is 0.659. The molecule has 150 valence electrons. The summed E-state index contributed by atoms with van der Waals surface area (Å²) in [5.41, 5.74) is 0.827. The highest BCUT2D eigenvalue weighted by molar-refractivity contribution is 5.90. The number of hydrogen-bond acceptors (Lipinski definition) is 6. The van der Waals surface area contributed by atoms with Crippen LogP contribution in [0.5, 0.6) is 0 Å². The molecule has 0 atom stereocenters. The lowest BCUT2D eigenvalue weighted by Gasteiger charge is -2.35. The number of carbonyl (C=O) groups excluding carboxylic acids is 1. The van der Waals surface area contributed by atoms with Gasteiger partial charge in [0.2, 0.25) is 5.82 Å². The highest BCUT2D eigenvalue weighted by atomic mass is 19.3. The summed E-state index contributed by atoms with van der Waals surface area (Å²) in [6.07, 6.45) is 1.60. The van der Waals surface area contributed by atoms with E-state index in [9.17, 15) is 18.4 Å². The Balaban J connectivity index is 1.48. The Kier molecular flexibility index (Phi) is 5.15. The summed E-state index contributed by atoms with van der Waals surface area (Å²) in [4.78, 5) is 40.7. The van der Waals surface area contributed by atoms with Gasteiger partial charge in [0, 0.05) is 44.3 Å². The van der Waals surface area contributed by atoms with Crippen molar-refractivity contribution < 1.29 is 13.6 Å². The van der Waals surface area contributed by atoms with Gasteiger partial charge in [-0.1, -0.05) is 0 Å². The van der Waals surface area contributed by atoms with Crippen molar-refractivity contribution in [3.05, 3.63) is 59.2 Å². The van der Waals surface area contributed by atoms with Crippen LogP contribution in [0.15, 0.2) is 47.8 Å². The summed E-state index contributed by atoms with van der Waals surface area (Å²) in [7, 11) is 0. The zero-order valence-corrected chi connectivity index (χ0v) is 15.4. The lowest BCUT2D eigenvalue weighted by Crippen LogP contribution is -2.49. The molecular weight excluding hydrogens is 382 g/mol. The van der Waals surface area contributed by atoms with E-state index in [0.29, 0.717) is 37.1 Å². The predicted octanol–water partition coefficient (Wildman–Crippen LogP) is 1.41. The molecule has 8 nitrogen and oxygen atoms in total. The molecule has 2 aromatic heterocycles. The van der Waals surface area contributed by atoms with Gasteiger partial charge in [0.1, 0.15) is 0 Å². The predicted molar refractivity (Wildman–Crippen MR) is 102 cm³/mol. The van der Waals surface area contributed by atoms with E-state index in [-0.39, 0.29) is 11.7 Å². The van der Waals surface area contributed by atoms with Gasteiger partial charge in [-0.25, -0.2) is 23.7 Å². The van der Waals surface area contributed by atoms with Crippen LogP contribution in [0.2, 0.25) is 0 Å². The number of piperazine rings is 1.